The molecule has 10 aromatic carbocycles. The van der Waals surface area contributed by atoms with E-state index in [-0.39, 0.29) is 0 Å². The fourth-order valence-corrected chi connectivity index (χ4v) is 10.5. The van der Waals surface area contributed by atoms with Crippen molar-refractivity contribution in [3.8, 4) is 101 Å². The first kappa shape index (κ1) is 40.2. The van der Waals surface area contributed by atoms with Crippen molar-refractivity contribution >= 4 is 0 Å². The van der Waals surface area contributed by atoms with Crippen molar-refractivity contribution in [2.45, 2.75) is 5.41 Å². The lowest BCUT2D eigenvalue weighted by Crippen LogP contribution is -2.28. The van der Waals surface area contributed by atoms with Crippen LogP contribution in [0.25, 0.3) is 78.4 Å². The second-order valence-electron chi connectivity index (χ2n) is 17.6. The summed E-state index contributed by atoms with van der Waals surface area (Å²) in [6, 6.07) is 89.5. The number of hydrogen-bond acceptors (Lipinski definition) is 4. The molecule has 1 aliphatic heterocycles. The van der Waals surface area contributed by atoms with Crippen molar-refractivity contribution < 1.29 is 9.47 Å². The van der Waals surface area contributed by atoms with Crippen LogP contribution in [0.15, 0.2) is 255 Å². The van der Waals surface area contributed by atoms with Crippen LogP contribution in [0.4, 0.5) is 0 Å². The molecule has 0 atom stereocenters. The molecule has 0 bridgehead atoms. The van der Waals surface area contributed by atoms with Crippen LogP contribution < -0.4 is 9.47 Å². The van der Waals surface area contributed by atoms with Crippen LogP contribution >= 0.6 is 0 Å². The van der Waals surface area contributed by atoms with Crippen molar-refractivity contribution in [2.24, 2.45) is 0 Å². The maximum absolute atomic E-state index is 7.14. The first-order valence-corrected chi connectivity index (χ1v) is 23.4. The molecule has 4 nitrogen and oxygen atoms in total. The minimum absolute atomic E-state index is 0.562. The zero-order chi connectivity index (χ0) is 45.7. The smallest absolute Gasteiger partial charge is 0.178 e. The predicted molar refractivity (Wildman–Crippen MR) is 279 cm³/mol. The van der Waals surface area contributed by atoms with E-state index in [9.17, 15) is 0 Å². The van der Waals surface area contributed by atoms with Gasteiger partial charge in [-0.15, -0.1) is 0 Å². The Hall–Kier alpha value is -9.12. The van der Waals surface area contributed by atoms with Crippen molar-refractivity contribution in [1.29, 1.82) is 0 Å². The first-order valence-electron chi connectivity index (χ1n) is 23.4. The number of fused-ring (bicyclic) bond motifs is 6. The third kappa shape index (κ3) is 6.84. The van der Waals surface area contributed by atoms with E-state index in [1.807, 2.05) is 18.2 Å². The van der Waals surface area contributed by atoms with E-state index in [2.05, 4.69) is 237 Å². The van der Waals surface area contributed by atoms with Crippen LogP contribution in [-0.4, -0.2) is 9.97 Å². The Morgan fingerprint density at radius 3 is 1.39 bits per heavy atom. The van der Waals surface area contributed by atoms with E-state index >= 15 is 0 Å². The topological polar surface area (TPSA) is 44.2 Å². The largest absolute Gasteiger partial charge is 0.449 e. The predicted octanol–water partition coefficient (Wildman–Crippen LogP) is 16.7. The Balaban J connectivity index is 0.938. The van der Waals surface area contributed by atoms with Gasteiger partial charge in [-0.2, -0.15) is 0 Å². The maximum atomic E-state index is 7.14. The van der Waals surface area contributed by atoms with Gasteiger partial charge in [0.2, 0.25) is 0 Å². The number of benzene rings is 10. The molecule has 2 heterocycles. The molecular weight excluding hydrogens is 841 g/mol. The van der Waals surface area contributed by atoms with Gasteiger partial charge < -0.3 is 9.47 Å². The average molecular weight is 883 g/mol. The SMILES string of the molecule is c1ccc(-c2cccc(-c3cc(-c4cccc(-c5ccccc5)c4)nc(-c4ccccc4-c4ccc5c(c4)Oc4c(ccc6c4-c4ccccc4C6(c4ccccc4)c4ccccc4)O5)n3)c2)cc1. The molecule has 0 spiro atoms. The summed E-state index contributed by atoms with van der Waals surface area (Å²) < 4.78 is 13.9. The van der Waals surface area contributed by atoms with Crippen molar-refractivity contribution in [3.63, 3.8) is 0 Å². The second kappa shape index (κ2) is 16.6. The molecule has 11 aromatic rings. The molecule has 0 fully saturated rings. The molecule has 13 rings (SSSR count). The highest BCUT2D eigenvalue weighted by molar-refractivity contribution is 5.92. The molecular formula is C65H42N2O2. The summed E-state index contributed by atoms with van der Waals surface area (Å²) in [6.45, 7) is 0. The first-order chi connectivity index (χ1) is 34.2. The third-order valence-corrected chi connectivity index (χ3v) is 13.7. The lowest BCUT2D eigenvalue weighted by molar-refractivity contribution is 0.360. The van der Waals surface area contributed by atoms with Crippen LogP contribution in [0.3, 0.4) is 0 Å². The van der Waals surface area contributed by atoms with Crippen molar-refractivity contribution in [2.75, 3.05) is 0 Å². The van der Waals surface area contributed by atoms with E-state index in [4.69, 9.17) is 19.4 Å². The Morgan fingerprint density at radius 1 is 0.290 bits per heavy atom. The number of ether oxygens (including phenoxy) is 2. The molecule has 0 amide bonds. The normalized spacial score (nSPS) is 12.7. The van der Waals surface area contributed by atoms with Gasteiger partial charge in [-0.1, -0.05) is 218 Å². The summed E-state index contributed by atoms with van der Waals surface area (Å²) in [5.41, 5.74) is 17.4. The zero-order valence-corrected chi connectivity index (χ0v) is 37.5. The number of hydrogen-bond donors (Lipinski definition) is 0. The quantitative estimate of drug-likeness (QED) is 0.152. The summed E-state index contributed by atoms with van der Waals surface area (Å²) in [6.07, 6.45) is 0. The van der Waals surface area contributed by atoms with Crippen LogP contribution in [-0.2, 0) is 5.41 Å². The molecule has 2 aliphatic rings. The van der Waals surface area contributed by atoms with Crippen LogP contribution in [0.5, 0.6) is 23.0 Å². The second-order valence-corrected chi connectivity index (χ2v) is 17.6. The van der Waals surface area contributed by atoms with Crippen molar-refractivity contribution in [3.05, 3.63) is 277 Å². The van der Waals surface area contributed by atoms with Gasteiger partial charge in [0.15, 0.2) is 28.8 Å². The molecule has 4 heteroatoms. The summed E-state index contributed by atoms with van der Waals surface area (Å²) in [4.78, 5) is 10.8. The molecule has 1 aliphatic carbocycles. The standard InChI is InChI=1S/C65H42N2O2/c1-5-19-43(20-6-1)45-23-17-25-48(39-45)57-42-58(49-26-18-24-46(40-49)44-21-7-2-8-22-44)67-64(66-57)53-32-14-13-31-52(53)47-35-37-59-61(41-47)69-63-60(68-59)38-36-56-62(63)54-33-15-16-34-55(54)65(56,50-27-9-3-10-28-50)51-29-11-4-12-30-51/h1-42H. The van der Waals surface area contributed by atoms with E-state index in [0.29, 0.717) is 28.8 Å². The molecule has 0 saturated carbocycles. The summed E-state index contributed by atoms with van der Waals surface area (Å²) >= 11 is 0. The van der Waals surface area contributed by atoms with E-state index in [0.717, 1.165) is 78.1 Å². The van der Waals surface area contributed by atoms with E-state index in [1.54, 1.807) is 0 Å². The van der Waals surface area contributed by atoms with Gasteiger partial charge in [0, 0.05) is 22.3 Å². The fourth-order valence-electron chi connectivity index (χ4n) is 10.5. The number of nitrogens with zero attached hydrogens (tertiary/aromatic N) is 2. The maximum Gasteiger partial charge on any atom is 0.178 e. The van der Waals surface area contributed by atoms with Crippen LogP contribution in [0, 0.1) is 0 Å². The summed E-state index contributed by atoms with van der Waals surface area (Å²) in [5.74, 6) is 3.32. The molecule has 1 aromatic heterocycles. The van der Waals surface area contributed by atoms with Crippen molar-refractivity contribution in [1.82, 2.24) is 9.97 Å². The molecule has 0 unspecified atom stereocenters. The van der Waals surface area contributed by atoms with Gasteiger partial charge in [-0.25, -0.2) is 9.97 Å². The Bertz CT molecular complexity index is 3580. The highest BCUT2D eigenvalue weighted by Crippen LogP contribution is 2.62. The van der Waals surface area contributed by atoms with E-state index in [1.165, 1.54) is 16.7 Å². The highest BCUT2D eigenvalue weighted by Gasteiger charge is 2.48. The number of aromatic nitrogens is 2. The molecule has 69 heavy (non-hydrogen) atoms. The minimum Gasteiger partial charge on any atom is -0.449 e. The molecule has 0 saturated heterocycles. The molecule has 324 valence electrons. The van der Waals surface area contributed by atoms with E-state index < -0.39 is 5.41 Å². The fraction of sp³-hybridized carbons (Fsp3) is 0.0154. The zero-order valence-electron chi connectivity index (χ0n) is 37.5. The van der Waals surface area contributed by atoms with Gasteiger partial charge in [-0.05, 0) is 97.6 Å². The lowest BCUT2D eigenvalue weighted by Gasteiger charge is -2.34. The summed E-state index contributed by atoms with van der Waals surface area (Å²) in [7, 11) is 0. The Morgan fingerprint density at radius 2 is 0.783 bits per heavy atom. The van der Waals surface area contributed by atoms with Gasteiger partial charge >= 0.3 is 0 Å². The Kier molecular flexibility index (Phi) is 9.69. The van der Waals surface area contributed by atoms with Crippen LogP contribution in [0.2, 0.25) is 0 Å². The van der Waals surface area contributed by atoms with Gasteiger partial charge in [0.05, 0.1) is 16.8 Å². The van der Waals surface area contributed by atoms with Gasteiger partial charge in [0.25, 0.3) is 0 Å². The van der Waals surface area contributed by atoms with Crippen LogP contribution in [0.1, 0.15) is 22.3 Å². The Labute approximate surface area is 401 Å². The third-order valence-electron chi connectivity index (χ3n) is 13.7. The lowest BCUT2D eigenvalue weighted by atomic mass is 9.68. The van der Waals surface area contributed by atoms with Gasteiger partial charge in [-0.3, -0.25) is 0 Å². The minimum atomic E-state index is -0.562. The average Bonchev–Trinajstić information content (AvgIpc) is 3.75. The molecule has 0 radical (unpaired) electrons. The summed E-state index contributed by atoms with van der Waals surface area (Å²) in [5, 5.41) is 0. The number of rotatable bonds is 8. The monoisotopic (exact) mass is 882 g/mol. The highest BCUT2D eigenvalue weighted by atomic mass is 16.6. The van der Waals surface area contributed by atoms with Gasteiger partial charge in [0.1, 0.15) is 0 Å². The molecule has 0 N–H and O–H groups in total.